The molecule has 4 heteroatoms. The molecule has 2 rings (SSSR count). The molecule has 1 aliphatic heterocycles. The summed E-state index contributed by atoms with van der Waals surface area (Å²) in [6.07, 6.45) is 1.42. The molecular weight excluding hydrogens is 216 g/mol. The van der Waals surface area contributed by atoms with Crippen molar-refractivity contribution in [3.05, 3.63) is 23.8 Å². The molecule has 0 aromatic heterocycles. The lowest BCUT2D eigenvalue weighted by Crippen LogP contribution is -2.16. The second-order valence-electron chi connectivity index (χ2n) is 4.15. The Balaban J connectivity index is 2.09. The first-order chi connectivity index (χ1) is 8.29. The molecule has 1 amide bonds. The van der Waals surface area contributed by atoms with Crippen LogP contribution in [0.4, 0.5) is 5.69 Å². The molecule has 1 heterocycles. The van der Waals surface area contributed by atoms with Crippen LogP contribution in [0.2, 0.25) is 0 Å². The third kappa shape index (κ3) is 3.20. The van der Waals surface area contributed by atoms with E-state index in [2.05, 4.69) is 10.6 Å². The highest BCUT2D eigenvalue weighted by atomic mass is 16.5. The Hall–Kier alpha value is -1.55. The molecule has 4 nitrogen and oxygen atoms in total. The number of nitrogens with one attached hydrogen (secondary N) is 2. The quantitative estimate of drug-likeness (QED) is 0.840. The lowest BCUT2D eigenvalue weighted by atomic mass is 10.1. The van der Waals surface area contributed by atoms with Crippen molar-refractivity contribution in [3.8, 4) is 5.75 Å². The smallest absolute Gasteiger partial charge is 0.224 e. The second-order valence-corrected chi connectivity index (χ2v) is 4.15. The summed E-state index contributed by atoms with van der Waals surface area (Å²) in [5.41, 5.74) is 1.94. The van der Waals surface area contributed by atoms with Gasteiger partial charge in [-0.3, -0.25) is 4.79 Å². The summed E-state index contributed by atoms with van der Waals surface area (Å²) < 4.78 is 5.58. The van der Waals surface area contributed by atoms with Gasteiger partial charge in [-0.15, -0.1) is 0 Å². The Kier molecular flexibility index (Phi) is 3.98. The third-order valence-electron chi connectivity index (χ3n) is 2.67. The van der Waals surface area contributed by atoms with E-state index in [0.29, 0.717) is 13.0 Å². The van der Waals surface area contributed by atoms with Gasteiger partial charge in [-0.05, 0) is 24.6 Å². The van der Waals surface area contributed by atoms with E-state index < -0.39 is 0 Å². The molecule has 0 bridgehead atoms. The normalized spacial score (nSPS) is 14.4. The molecular formula is C13H18N2O2. The standard InChI is InChI=1S/C13H18N2O2/c1-2-3-13(16)15-11-4-5-12-10(8-11)9-14-6-7-17-12/h4-5,8,14H,2-3,6-7,9H2,1H3,(H,15,16). The molecule has 1 aliphatic rings. The Bertz CT molecular complexity index is 404. The molecule has 0 fully saturated rings. The summed E-state index contributed by atoms with van der Waals surface area (Å²) in [5.74, 6) is 0.971. The molecule has 2 N–H and O–H groups in total. The van der Waals surface area contributed by atoms with Crippen molar-refractivity contribution >= 4 is 11.6 Å². The minimum absolute atomic E-state index is 0.0648. The number of benzene rings is 1. The zero-order valence-electron chi connectivity index (χ0n) is 10.1. The SMILES string of the molecule is CCCC(=O)Nc1ccc2c(c1)CNCCO2. The predicted molar refractivity (Wildman–Crippen MR) is 67.2 cm³/mol. The zero-order valence-corrected chi connectivity index (χ0v) is 10.1. The van der Waals surface area contributed by atoms with E-state index in [1.807, 2.05) is 25.1 Å². The maximum Gasteiger partial charge on any atom is 0.224 e. The van der Waals surface area contributed by atoms with Crippen molar-refractivity contribution in [2.75, 3.05) is 18.5 Å². The summed E-state index contributed by atoms with van der Waals surface area (Å²) in [6, 6.07) is 5.78. The van der Waals surface area contributed by atoms with E-state index in [4.69, 9.17) is 4.74 Å². The Morgan fingerprint density at radius 1 is 1.53 bits per heavy atom. The fourth-order valence-corrected chi connectivity index (χ4v) is 1.84. The minimum atomic E-state index is 0.0648. The summed E-state index contributed by atoms with van der Waals surface area (Å²) in [6.45, 7) is 4.32. The van der Waals surface area contributed by atoms with Gasteiger partial charge in [0.1, 0.15) is 12.4 Å². The second kappa shape index (κ2) is 5.68. The van der Waals surface area contributed by atoms with Crippen LogP contribution in [0, 0.1) is 0 Å². The predicted octanol–water partition coefficient (Wildman–Crippen LogP) is 1.91. The number of amides is 1. The number of fused-ring (bicyclic) bond motifs is 1. The summed E-state index contributed by atoms with van der Waals surface area (Å²) >= 11 is 0. The van der Waals surface area contributed by atoms with Crippen molar-refractivity contribution in [1.82, 2.24) is 5.32 Å². The fourth-order valence-electron chi connectivity index (χ4n) is 1.84. The largest absolute Gasteiger partial charge is 0.492 e. The van der Waals surface area contributed by atoms with Gasteiger partial charge in [-0.2, -0.15) is 0 Å². The fraction of sp³-hybridized carbons (Fsp3) is 0.462. The first kappa shape index (κ1) is 11.9. The highest BCUT2D eigenvalue weighted by Crippen LogP contribution is 2.24. The number of anilines is 1. The molecule has 0 radical (unpaired) electrons. The van der Waals surface area contributed by atoms with Gasteiger partial charge in [0.05, 0.1) is 0 Å². The monoisotopic (exact) mass is 234 g/mol. The molecule has 17 heavy (non-hydrogen) atoms. The van der Waals surface area contributed by atoms with Crippen LogP contribution in [0.1, 0.15) is 25.3 Å². The lowest BCUT2D eigenvalue weighted by molar-refractivity contribution is -0.116. The van der Waals surface area contributed by atoms with Gasteiger partial charge >= 0.3 is 0 Å². The molecule has 0 saturated heterocycles. The number of rotatable bonds is 3. The molecule has 0 unspecified atom stereocenters. The van der Waals surface area contributed by atoms with Gasteiger partial charge in [0.25, 0.3) is 0 Å². The van der Waals surface area contributed by atoms with Crippen LogP contribution in [0.25, 0.3) is 0 Å². The molecule has 0 aliphatic carbocycles. The molecule has 92 valence electrons. The number of hydrogen-bond donors (Lipinski definition) is 2. The maximum atomic E-state index is 11.5. The maximum absolute atomic E-state index is 11.5. The Morgan fingerprint density at radius 2 is 2.41 bits per heavy atom. The highest BCUT2D eigenvalue weighted by molar-refractivity contribution is 5.90. The molecule has 0 spiro atoms. The van der Waals surface area contributed by atoms with E-state index in [1.54, 1.807) is 0 Å². The van der Waals surface area contributed by atoms with E-state index in [1.165, 1.54) is 0 Å². The van der Waals surface area contributed by atoms with Crippen LogP contribution >= 0.6 is 0 Å². The van der Waals surface area contributed by atoms with E-state index in [-0.39, 0.29) is 5.91 Å². The van der Waals surface area contributed by atoms with Crippen molar-refractivity contribution < 1.29 is 9.53 Å². The van der Waals surface area contributed by atoms with Gasteiger partial charge in [0.2, 0.25) is 5.91 Å². The van der Waals surface area contributed by atoms with Crippen LogP contribution in [0.3, 0.4) is 0 Å². The highest BCUT2D eigenvalue weighted by Gasteiger charge is 2.09. The van der Waals surface area contributed by atoms with E-state index >= 15 is 0 Å². The molecule has 0 atom stereocenters. The van der Waals surface area contributed by atoms with Crippen molar-refractivity contribution in [1.29, 1.82) is 0 Å². The van der Waals surface area contributed by atoms with Gasteiger partial charge in [0, 0.05) is 30.8 Å². The number of carbonyl (C=O) groups is 1. The van der Waals surface area contributed by atoms with E-state index in [0.717, 1.165) is 36.5 Å². The molecule has 1 aromatic carbocycles. The number of hydrogen-bond acceptors (Lipinski definition) is 3. The van der Waals surface area contributed by atoms with Crippen LogP contribution in [0.15, 0.2) is 18.2 Å². The van der Waals surface area contributed by atoms with Gasteiger partial charge in [-0.25, -0.2) is 0 Å². The third-order valence-corrected chi connectivity index (χ3v) is 2.67. The summed E-state index contributed by atoms with van der Waals surface area (Å²) in [7, 11) is 0. The minimum Gasteiger partial charge on any atom is -0.492 e. The van der Waals surface area contributed by atoms with Gasteiger partial charge in [0.15, 0.2) is 0 Å². The van der Waals surface area contributed by atoms with E-state index in [9.17, 15) is 4.79 Å². The van der Waals surface area contributed by atoms with Crippen molar-refractivity contribution in [3.63, 3.8) is 0 Å². The molecule has 1 aromatic rings. The zero-order chi connectivity index (χ0) is 12.1. The lowest BCUT2D eigenvalue weighted by Gasteiger charge is -2.09. The van der Waals surface area contributed by atoms with Crippen LogP contribution < -0.4 is 15.4 Å². The number of ether oxygens (including phenoxy) is 1. The average molecular weight is 234 g/mol. The Labute approximate surface area is 101 Å². The number of carbonyl (C=O) groups excluding carboxylic acids is 1. The first-order valence-electron chi connectivity index (χ1n) is 6.06. The van der Waals surface area contributed by atoms with Crippen molar-refractivity contribution in [2.45, 2.75) is 26.3 Å². The van der Waals surface area contributed by atoms with Gasteiger partial charge < -0.3 is 15.4 Å². The average Bonchev–Trinajstić information content (AvgIpc) is 2.53. The topological polar surface area (TPSA) is 50.4 Å². The van der Waals surface area contributed by atoms with Crippen LogP contribution in [-0.4, -0.2) is 19.1 Å². The van der Waals surface area contributed by atoms with Gasteiger partial charge in [-0.1, -0.05) is 6.92 Å². The van der Waals surface area contributed by atoms with Crippen LogP contribution in [0.5, 0.6) is 5.75 Å². The summed E-state index contributed by atoms with van der Waals surface area (Å²) in [5, 5.41) is 6.16. The first-order valence-corrected chi connectivity index (χ1v) is 6.06. The summed E-state index contributed by atoms with van der Waals surface area (Å²) in [4.78, 5) is 11.5. The molecule has 0 saturated carbocycles. The van der Waals surface area contributed by atoms with Crippen LogP contribution in [-0.2, 0) is 11.3 Å². The van der Waals surface area contributed by atoms with Crippen molar-refractivity contribution in [2.24, 2.45) is 0 Å². The Morgan fingerprint density at radius 3 is 3.24 bits per heavy atom.